The summed E-state index contributed by atoms with van der Waals surface area (Å²) in [4.78, 5) is 2.58. The highest BCUT2D eigenvalue weighted by Crippen LogP contribution is 2.69. The van der Waals surface area contributed by atoms with Crippen molar-refractivity contribution in [3.8, 4) is 55.6 Å². The zero-order valence-electron chi connectivity index (χ0n) is 35.7. The summed E-state index contributed by atoms with van der Waals surface area (Å²) in [5.74, 6) is 3.23. The highest BCUT2D eigenvalue weighted by Gasteiger charge is 2.61. The van der Waals surface area contributed by atoms with Crippen LogP contribution in [-0.2, 0) is 10.8 Å². The minimum atomic E-state index is -0.136. The molecule has 0 aromatic heterocycles. The number of nitrogens with zero attached hydrogens (tertiary/aromatic N) is 1. The molecule has 6 aliphatic carbocycles. The second-order valence-electron chi connectivity index (χ2n) is 19.7. The van der Waals surface area contributed by atoms with Gasteiger partial charge in [-0.05, 0) is 158 Å². The maximum atomic E-state index is 2.65. The molecule has 300 valence electrons. The molecule has 1 heteroatoms. The van der Waals surface area contributed by atoms with Gasteiger partial charge in [-0.15, -0.1) is 0 Å². The van der Waals surface area contributed by atoms with Crippen LogP contribution in [0.15, 0.2) is 188 Å². The average molecular weight is 798 g/mol. The van der Waals surface area contributed by atoms with Crippen molar-refractivity contribution in [3.63, 3.8) is 0 Å². The van der Waals surface area contributed by atoms with Crippen molar-refractivity contribution in [2.75, 3.05) is 4.90 Å². The van der Waals surface area contributed by atoms with Crippen molar-refractivity contribution in [1.82, 2.24) is 0 Å². The van der Waals surface area contributed by atoms with Crippen molar-refractivity contribution in [2.24, 2.45) is 23.7 Å². The first-order valence-electron chi connectivity index (χ1n) is 23.1. The summed E-state index contributed by atoms with van der Waals surface area (Å²) in [5.41, 5.74) is 22.7. The molecule has 8 aromatic rings. The molecule has 8 aromatic carbocycles. The zero-order valence-corrected chi connectivity index (χ0v) is 35.7. The Balaban J connectivity index is 0.988. The molecule has 0 unspecified atom stereocenters. The largest absolute Gasteiger partial charge is 0.310 e. The maximum absolute atomic E-state index is 2.65. The molecule has 62 heavy (non-hydrogen) atoms. The molecular formula is C61H51N. The molecule has 0 radical (unpaired) electrons. The molecular weight excluding hydrogens is 747 g/mol. The average Bonchev–Trinajstić information content (AvgIpc) is 3.74. The van der Waals surface area contributed by atoms with Crippen LogP contribution in [0.1, 0.15) is 68.2 Å². The summed E-state index contributed by atoms with van der Waals surface area (Å²) in [6.07, 6.45) is 6.97. The minimum absolute atomic E-state index is 0.0897. The Morgan fingerprint density at radius 2 is 0.839 bits per heavy atom. The number of hydrogen-bond donors (Lipinski definition) is 0. The van der Waals surface area contributed by atoms with Gasteiger partial charge in [-0.25, -0.2) is 0 Å². The van der Waals surface area contributed by atoms with Crippen molar-refractivity contribution >= 4 is 17.1 Å². The lowest BCUT2D eigenvalue weighted by Gasteiger charge is -2.61. The van der Waals surface area contributed by atoms with E-state index in [1.54, 1.807) is 11.1 Å². The first-order valence-corrected chi connectivity index (χ1v) is 23.1. The topological polar surface area (TPSA) is 3.24 Å². The van der Waals surface area contributed by atoms with Gasteiger partial charge in [-0.1, -0.05) is 172 Å². The third-order valence-electron chi connectivity index (χ3n) is 16.3. The molecule has 4 saturated carbocycles. The molecule has 0 saturated heterocycles. The van der Waals surface area contributed by atoms with Gasteiger partial charge in [-0.3, -0.25) is 0 Å². The fraction of sp³-hybridized carbons (Fsp3) is 0.213. The lowest BCUT2D eigenvalue weighted by atomic mass is 9.43. The fourth-order valence-electron chi connectivity index (χ4n) is 14.0. The van der Waals surface area contributed by atoms with Crippen molar-refractivity contribution < 1.29 is 0 Å². The first kappa shape index (κ1) is 36.2. The van der Waals surface area contributed by atoms with Gasteiger partial charge in [0, 0.05) is 27.8 Å². The summed E-state index contributed by atoms with van der Waals surface area (Å²) < 4.78 is 0. The minimum Gasteiger partial charge on any atom is -0.310 e. The van der Waals surface area contributed by atoms with E-state index in [1.807, 2.05) is 0 Å². The van der Waals surface area contributed by atoms with E-state index in [0.717, 1.165) is 11.8 Å². The molecule has 4 fully saturated rings. The van der Waals surface area contributed by atoms with Gasteiger partial charge >= 0.3 is 0 Å². The van der Waals surface area contributed by atoms with Gasteiger partial charge in [0.25, 0.3) is 0 Å². The Hall–Kier alpha value is -6.44. The Bertz CT molecular complexity index is 3010. The number of anilines is 3. The van der Waals surface area contributed by atoms with Crippen LogP contribution < -0.4 is 4.90 Å². The van der Waals surface area contributed by atoms with E-state index in [0.29, 0.717) is 11.8 Å². The van der Waals surface area contributed by atoms with Crippen LogP contribution in [0.2, 0.25) is 0 Å². The third kappa shape index (κ3) is 5.15. The monoisotopic (exact) mass is 797 g/mol. The summed E-state index contributed by atoms with van der Waals surface area (Å²) in [7, 11) is 0. The molecule has 4 bridgehead atoms. The predicted molar refractivity (Wildman–Crippen MR) is 258 cm³/mol. The van der Waals surface area contributed by atoms with Gasteiger partial charge in [0.05, 0.1) is 5.69 Å². The SMILES string of the molecule is CC1(C)c2ccccc2-c2cccc(-c3ccccc3N(c3ccc(-c4ccc(-c5ccccc5)cc4)cc3)c3ccc4c(c3)C3(c5ccccc5-4)C4CC5CC(C4)CC3C5)c21. The lowest BCUT2D eigenvalue weighted by Crippen LogP contribution is -2.55. The van der Waals surface area contributed by atoms with Gasteiger partial charge in [0.15, 0.2) is 0 Å². The van der Waals surface area contributed by atoms with Crippen LogP contribution in [0.25, 0.3) is 55.6 Å². The molecule has 1 spiro atoms. The Morgan fingerprint density at radius 3 is 1.50 bits per heavy atom. The van der Waals surface area contributed by atoms with E-state index in [2.05, 4.69) is 207 Å². The standard InChI is InChI=1S/C61H51N/c1-60(2)55-20-9-6-16-50(55)53-18-12-19-54(59(53)60)52-17-8-11-22-58(52)62(47-29-27-44(28-30-47)43-25-23-42(24-26-43)41-13-4-3-5-14-41)48-31-32-51-49-15-7-10-21-56(49)61(57(51)38-48)45-34-39-33-40(36-45)37-46(61)35-39/h3-32,38-40,45-46H,33-37H2,1-2H3. The van der Waals surface area contributed by atoms with Gasteiger partial charge in [0.2, 0.25) is 0 Å². The lowest BCUT2D eigenvalue weighted by molar-refractivity contribution is -0.0399. The van der Waals surface area contributed by atoms with Gasteiger partial charge < -0.3 is 4.90 Å². The van der Waals surface area contributed by atoms with Crippen molar-refractivity contribution in [1.29, 1.82) is 0 Å². The number of hydrogen-bond acceptors (Lipinski definition) is 1. The summed E-state index contributed by atoms with van der Waals surface area (Å²) in [6, 6.07) is 71.3. The molecule has 0 amide bonds. The quantitative estimate of drug-likeness (QED) is 0.162. The highest BCUT2D eigenvalue weighted by molar-refractivity contribution is 5.95. The Labute approximate surface area is 366 Å². The molecule has 0 heterocycles. The molecule has 1 nitrogen and oxygen atoms in total. The Morgan fingerprint density at radius 1 is 0.371 bits per heavy atom. The molecule has 0 atom stereocenters. The van der Waals surface area contributed by atoms with Crippen LogP contribution >= 0.6 is 0 Å². The second-order valence-corrected chi connectivity index (χ2v) is 19.7. The summed E-state index contributed by atoms with van der Waals surface area (Å²) >= 11 is 0. The van der Waals surface area contributed by atoms with Crippen LogP contribution in [0.5, 0.6) is 0 Å². The summed E-state index contributed by atoms with van der Waals surface area (Å²) in [6.45, 7) is 4.82. The van der Waals surface area contributed by atoms with E-state index in [1.165, 1.54) is 116 Å². The number of benzene rings is 8. The van der Waals surface area contributed by atoms with E-state index < -0.39 is 0 Å². The van der Waals surface area contributed by atoms with Crippen molar-refractivity contribution in [2.45, 2.75) is 56.8 Å². The van der Waals surface area contributed by atoms with Crippen molar-refractivity contribution in [3.05, 3.63) is 210 Å². The molecule has 14 rings (SSSR count). The Kier molecular flexibility index (Phi) is 7.91. The van der Waals surface area contributed by atoms with E-state index in [9.17, 15) is 0 Å². The van der Waals surface area contributed by atoms with E-state index in [-0.39, 0.29) is 10.8 Å². The maximum Gasteiger partial charge on any atom is 0.0540 e. The zero-order chi connectivity index (χ0) is 41.2. The van der Waals surface area contributed by atoms with Crippen LogP contribution in [0.4, 0.5) is 17.1 Å². The van der Waals surface area contributed by atoms with Crippen LogP contribution in [0.3, 0.4) is 0 Å². The van der Waals surface area contributed by atoms with E-state index in [4.69, 9.17) is 0 Å². The van der Waals surface area contributed by atoms with Crippen LogP contribution in [-0.4, -0.2) is 0 Å². The second kappa shape index (κ2) is 13.5. The van der Waals surface area contributed by atoms with Crippen LogP contribution in [0, 0.1) is 23.7 Å². The number of para-hydroxylation sites is 1. The molecule has 0 aliphatic heterocycles. The third-order valence-corrected chi connectivity index (χ3v) is 16.3. The normalized spacial score (nSPS) is 22.9. The summed E-state index contributed by atoms with van der Waals surface area (Å²) in [5, 5.41) is 0. The van der Waals surface area contributed by atoms with Gasteiger partial charge in [0.1, 0.15) is 0 Å². The fourth-order valence-corrected chi connectivity index (χ4v) is 14.0. The smallest absolute Gasteiger partial charge is 0.0540 e. The van der Waals surface area contributed by atoms with Gasteiger partial charge in [-0.2, -0.15) is 0 Å². The highest BCUT2D eigenvalue weighted by atomic mass is 15.1. The number of rotatable bonds is 6. The first-order chi connectivity index (χ1) is 30.5. The predicted octanol–water partition coefficient (Wildman–Crippen LogP) is 16.2. The molecule has 0 N–H and O–H groups in total. The van der Waals surface area contributed by atoms with E-state index >= 15 is 0 Å². The molecule has 6 aliphatic rings. The number of fused-ring (bicyclic) bond motifs is 6.